The van der Waals surface area contributed by atoms with Gasteiger partial charge in [-0.2, -0.15) is 4.31 Å². The number of nitrogens with zero attached hydrogens (tertiary/aromatic N) is 3. The van der Waals surface area contributed by atoms with Crippen LogP contribution in [-0.2, 0) is 19.6 Å². The maximum atomic E-state index is 13.1. The van der Waals surface area contributed by atoms with Crippen LogP contribution < -0.4 is 4.90 Å². The third-order valence-corrected chi connectivity index (χ3v) is 7.59. The normalized spacial score (nSPS) is 21.1. The zero-order chi connectivity index (χ0) is 22.9. The molecule has 2 saturated heterocycles. The summed E-state index contributed by atoms with van der Waals surface area (Å²) in [6.07, 6.45) is 1.70. The molecule has 2 aliphatic heterocycles. The highest BCUT2D eigenvalue weighted by Crippen LogP contribution is 2.29. The average Bonchev–Trinajstić information content (AvgIpc) is 3.07. The van der Waals surface area contributed by atoms with E-state index in [9.17, 15) is 18.0 Å². The summed E-state index contributed by atoms with van der Waals surface area (Å²) in [5.74, 6) is -0.449. The molecule has 8 heteroatoms. The van der Waals surface area contributed by atoms with Crippen molar-refractivity contribution >= 4 is 33.6 Å². The third-order valence-electron chi connectivity index (χ3n) is 6.02. The Morgan fingerprint density at radius 3 is 2.28 bits per heavy atom. The Kier molecular flexibility index (Phi) is 6.28. The summed E-state index contributed by atoms with van der Waals surface area (Å²) in [6, 6.07) is 14.4. The smallest absolute Gasteiger partial charge is 0.251 e. The first-order valence-corrected chi connectivity index (χ1v) is 12.2. The third kappa shape index (κ3) is 4.53. The van der Waals surface area contributed by atoms with Crippen LogP contribution in [-0.4, -0.2) is 61.7 Å². The lowest BCUT2D eigenvalue weighted by molar-refractivity contribution is -0.123. The van der Waals surface area contributed by atoms with Crippen molar-refractivity contribution < 1.29 is 18.0 Å². The van der Waals surface area contributed by atoms with Gasteiger partial charge in [0, 0.05) is 31.6 Å². The van der Waals surface area contributed by atoms with Crippen LogP contribution in [0, 0.1) is 13.8 Å². The number of hydrogen-bond donors (Lipinski definition) is 0. The monoisotopic (exact) mass is 453 g/mol. The summed E-state index contributed by atoms with van der Waals surface area (Å²) in [7, 11) is -3.55. The van der Waals surface area contributed by atoms with E-state index in [2.05, 4.69) is 0 Å². The van der Waals surface area contributed by atoms with Gasteiger partial charge in [0.05, 0.1) is 18.2 Å². The number of anilines is 1. The number of carbonyl (C=O) groups excluding carboxylic acids is 2. The summed E-state index contributed by atoms with van der Waals surface area (Å²) in [4.78, 5) is 29.0. The number of aryl methyl sites for hydroxylation is 2. The van der Waals surface area contributed by atoms with Crippen molar-refractivity contribution in [2.45, 2.75) is 26.3 Å². The molecule has 2 heterocycles. The highest BCUT2D eigenvalue weighted by molar-refractivity contribution is 7.92. The van der Waals surface area contributed by atoms with Crippen molar-refractivity contribution in [3.05, 3.63) is 70.6 Å². The molecule has 0 saturated carbocycles. The molecule has 32 heavy (non-hydrogen) atoms. The predicted octanol–water partition coefficient (Wildman–Crippen LogP) is 2.55. The molecule has 0 aromatic heterocycles. The molecule has 1 atom stereocenters. The summed E-state index contributed by atoms with van der Waals surface area (Å²) >= 11 is 0. The highest BCUT2D eigenvalue weighted by Gasteiger charge is 2.44. The number of benzene rings is 2. The minimum Gasteiger partial charge on any atom is -0.289 e. The van der Waals surface area contributed by atoms with Crippen molar-refractivity contribution in [2.75, 3.05) is 31.1 Å². The van der Waals surface area contributed by atoms with Crippen molar-refractivity contribution in [1.82, 2.24) is 9.21 Å². The van der Waals surface area contributed by atoms with Crippen LogP contribution in [0.4, 0.5) is 5.69 Å². The van der Waals surface area contributed by atoms with Crippen LogP contribution in [0.5, 0.6) is 0 Å². The van der Waals surface area contributed by atoms with Gasteiger partial charge in [-0.3, -0.25) is 14.5 Å². The number of imide groups is 1. The van der Waals surface area contributed by atoms with E-state index in [0.29, 0.717) is 18.8 Å². The topological polar surface area (TPSA) is 78.0 Å². The van der Waals surface area contributed by atoms with Crippen LogP contribution in [0.25, 0.3) is 6.08 Å². The minimum absolute atomic E-state index is 0.118. The SMILES string of the molecule is Cc1ccc(N2C(=O)C[C@H](N3CCN(S(=O)(=O)/C=C/c4ccccc4)CC3)C2=O)c(C)c1. The fourth-order valence-electron chi connectivity index (χ4n) is 4.30. The molecule has 4 rings (SSSR count). The van der Waals surface area contributed by atoms with Gasteiger partial charge in [-0.25, -0.2) is 13.3 Å². The standard InChI is InChI=1S/C24H27N3O4S/c1-18-8-9-21(19(2)16-18)27-23(28)17-22(24(27)29)25-11-13-26(14-12-25)32(30,31)15-10-20-6-4-3-5-7-20/h3-10,15-16,22H,11-14,17H2,1-2H3/b15-10+/t22-/m0/s1. The Balaban J connectivity index is 1.41. The maximum Gasteiger partial charge on any atom is 0.251 e. The Morgan fingerprint density at radius 2 is 1.62 bits per heavy atom. The maximum absolute atomic E-state index is 13.1. The molecule has 0 bridgehead atoms. The number of hydrogen-bond acceptors (Lipinski definition) is 5. The van der Waals surface area contributed by atoms with Crippen molar-refractivity contribution in [3.63, 3.8) is 0 Å². The number of carbonyl (C=O) groups is 2. The fraction of sp³-hybridized carbons (Fsp3) is 0.333. The second-order valence-electron chi connectivity index (χ2n) is 8.27. The van der Waals surface area contributed by atoms with Crippen LogP contribution in [0.3, 0.4) is 0 Å². The molecule has 0 aliphatic carbocycles. The lowest BCUT2D eigenvalue weighted by atomic mass is 10.1. The fourth-order valence-corrected chi connectivity index (χ4v) is 5.47. The number of sulfonamides is 1. The van der Waals surface area contributed by atoms with Crippen LogP contribution in [0.1, 0.15) is 23.1 Å². The summed E-state index contributed by atoms with van der Waals surface area (Å²) in [6.45, 7) is 5.23. The van der Waals surface area contributed by atoms with E-state index in [-0.39, 0.29) is 31.3 Å². The molecule has 2 fully saturated rings. The highest BCUT2D eigenvalue weighted by atomic mass is 32.2. The quantitative estimate of drug-likeness (QED) is 0.651. The summed E-state index contributed by atoms with van der Waals surface area (Å²) in [5.41, 5.74) is 3.39. The van der Waals surface area contributed by atoms with E-state index in [1.807, 2.05) is 67.3 Å². The van der Waals surface area contributed by atoms with E-state index in [1.165, 1.54) is 14.6 Å². The number of amides is 2. The second-order valence-corrected chi connectivity index (χ2v) is 10.1. The van der Waals surface area contributed by atoms with E-state index in [4.69, 9.17) is 0 Å². The molecule has 7 nitrogen and oxygen atoms in total. The van der Waals surface area contributed by atoms with Gasteiger partial charge in [0.2, 0.25) is 15.9 Å². The largest absolute Gasteiger partial charge is 0.289 e. The van der Waals surface area contributed by atoms with E-state index in [0.717, 1.165) is 16.7 Å². The van der Waals surface area contributed by atoms with Gasteiger partial charge in [0.1, 0.15) is 0 Å². The van der Waals surface area contributed by atoms with Gasteiger partial charge in [0.25, 0.3) is 5.91 Å². The van der Waals surface area contributed by atoms with Gasteiger partial charge >= 0.3 is 0 Å². The first-order chi connectivity index (χ1) is 15.3. The van der Waals surface area contributed by atoms with Crippen LogP contribution >= 0.6 is 0 Å². The molecule has 168 valence electrons. The molecule has 2 aliphatic rings. The van der Waals surface area contributed by atoms with E-state index >= 15 is 0 Å². The zero-order valence-corrected chi connectivity index (χ0v) is 19.1. The lowest BCUT2D eigenvalue weighted by Gasteiger charge is -2.35. The van der Waals surface area contributed by atoms with Gasteiger partial charge < -0.3 is 0 Å². The van der Waals surface area contributed by atoms with Crippen LogP contribution in [0.2, 0.25) is 0 Å². The van der Waals surface area contributed by atoms with Gasteiger partial charge in [-0.15, -0.1) is 0 Å². The average molecular weight is 454 g/mol. The number of piperazine rings is 1. The molecular formula is C24H27N3O4S. The molecule has 2 aromatic carbocycles. The van der Waals surface area contributed by atoms with Gasteiger partial charge in [0.15, 0.2) is 0 Å². The minimum atomic E-state index is -3.55. The molecular weight excluding hydrogens is 426 g/mol. The molecule has 2 amide bonds. The van der Waals surface area contributed by atoms with Gasteiger partial charge in [-0.1, -0.05) is 48.0 Å². The van der Waals surface area contributed by atoms with E-state index < -0.39 is 16.1 Å². The van der Waals surface area contributed by atoms with Gasteiger partial charge in [-0.05, 0) is 37.1 Å². The Hall–Kier alpha value is -2.81. The molecule has 0 unspecified atom stereocenters. The van der Waals surface area contributed by atoms with Crippen LogP contribution in [0.15, 0.2) is 53.9 Å². The Bertz CT molecular complexity index is 1150. The second kappa shape index (κ2) is 8.97. The predicted molar refractivity (Wildman–Crippen MR) is 124 cm³/mol. The lowest BCUT2D eigenvalue weighted by Crippen LogP contribution is -2.53. The van der Waals surface area contributed by atoms with Crippen molar-refractivity contribution in [1.29, 1.82) is 0 Å². The molecule has 0 spiro atoms. The summed E-state index contributed by atoms with van der Waals surface area (Å²) < 4.78 is 26.8. The van der Waals surface area contributed by atoms with E-state index in [1.54, 1.807) is 6.08 Å². The number of rotatable bonds is 5. The zero-order valence-electron chi connectivity index (χ0n) is 18.3. The Morgan fingerprint density at radius 1 is 0.938 bits per heavy atom. The first kappa shape index (κ1) is 22.4. The first-order valence-electron chi connectivity index (χ1n) is 10.7. The van der Waals surface area contributed by atoms with Crippen molar-refractivity contribution in [3.8, 4) is 0 Å². The summed E-state index contributed by atoms with van der Waals surface area (Å²) in [5, 5.41) is 1.23. The Labute approximate surface area is 189 Å². The van der Waals surface area contributed by atoms with Crippen molar-refractivity contribution in [2.24, 2.45) is 0 Å². The molecule has 0 radical (unpaired) electrons. The molecule has 0 N–H and O–H groups in total. The molecule has 2 aromatic rings.